The molecule has 0 aliphatic carbocycles. The summed E-state index contributed by atoms with van der Waals surface area (Å²) < 4.78 is 28.5. The second kappa shape index (κ2) is 7.58. The molecule has 1 atom stereocenters. The first-order valence-electron chi connectivity index (χ1n) is 6.21. The van der Waals surface area contributed by atoms with Crippen LogP contribution in [0.4, 0.5) is 0 Å². The number of carbonyl (C=O) groups is 1. The highest BCUT2D eigenvalue weighted by Gasteiger charge is 2.20. The molecule has 1 unspecified atom stereocenters. The van der Waals surface area contributed by atoms with E-state index < -0.39 is 9.05 Å². The predicted molar refractivity (Wildman–Crippen MR) is 85.3 cm³/mol. The van der Waals surface area contributed by atoms with Crippen LogP contribution < -0.4 is 5.32 Å². The topological polar surface area (TPSA) is 72.5 Å². The molecule has 0 saturated heterocycles. The number of carbonyl (C=O) groups excluding carboxylic acids is 1. The Labute approximate surface area is 137 Å². The normalized spacial score (nSPS) is 13.0. The first kappa shape index (κ1) is 18.4. The van der Waals surface area contributed by atoms with Crippen LogP contribution >= 0.6 is 26.6 Å². The summed E-state index contributed by atoms with van der Waals surface area (Å²) in [5.74, 6) is -0.360. The lowest BCUT2D eigenvalue weighted by molar-refractivity contribution is 0.0929. The summed E-state index contributed by atoms with van der Waals surface area (Å²) >= 11 is 3.24. The molecule has 118 valence electrons. The van der Waals surface area contributed by atoms with E-state index in [0.717, 1.165) is 0 Å². The fraction of sp³-hybridized carbons (Fsp3) is 0.462. The molecule has 1 aromatic rings. The number of methoxy groups -OCH3 is 1. The van der Waals surface area contributed by atoms with Gasteiger partial charge in [-0.25, -0.2) is 8.42 Å². The van der Waals surface area contributed by atoms with Crippen molar-refractivity contribution in [2.75, 3.05) is 13.7 Å². The van der Waals surface area contributed by atoms with Gasteiger partial charge in [-0.2, -0.15) is 0 Å². The van der Waals surface area contributed by atoms with Gasteiger partial charge in [0, 0.05) is 40.5 Å². The minimum atomic E-state index is -3.91. The summed E-state index contributed by atoms with van der Waals surface area (Å²) in [4.78, 5) is 12.1. The number of nitrogens with one attached hydrogen (secondary N) is 1. The summed E-state index contributed by atoms with van der Waals surface area (Å²) in [6, 6.07) is 2.76. The maximum atomic E-state index is 12.2. The molecule has 0 heterocycles. The predicted octanol–water partition coefficient (Wildman–Crippen LogP) is 2.84. The van der Waals surface area contributed by atoms with Crippen LogP contribution in [0.3, 0.4) is 0 Å². The van der Waals surface area contributed by atoms with Gasteiger partial charge in [0.25, 0.3) is 15.0 Å². The fourth-order valence-electron chi connectivity index (χ4n) is 1.71. The molecule has 0 aromatic heterocycles. The smallest absolute Gasteiger partial charge is 0.261 e. The first-order valence-corrected chi connectivity index (χ1v) is 9.31. The molecule has 0 aliphatic rings. The minimum Gasteiger partial charge on any atom is -0.385 e. The molecule has 5 nitrogen and oxygen atoms in total. The number of hydrogen-bond donors (Lipinski definition) is 1. The van der Waals surface area contributed by atoms with Gasteiger partial charge in [-0.1, -0.05) is 15.9 Å². The van der Waals surface area contributed by atoms with Crippen molar-refractivity contribution >= 4 is 41.6 Å². The minimum absolute atomic E-state index is 0.0757. The molecule has 1 amide bonds. The molecule has 0 radical (unpaired) electrons. The van der Waals surface area contributed by atoms with E-state index >= 15 is 0 Å². The van der Waals surface area contributed by atoms with Crippen LogP contribution in [-0.2, 0) is 13.8 Å². The third-order valence-corrected chi connectivity index (χ3v) is 5.23. The van der Waals surface area contributed by atoms with Gasteiger partial charge in [-0.15, -0.1) is 0 Å². The molecule has 0 spiro atoms. The highest BCUT2D eigenvalue weighted by atomic mass is 79.9. The lowest BCUT2D eigenvalue weighted by Gasteiger charge is -2.14. The van der Waals surface area contributed by atoms with Gasteiger partial charge in [-0.05, 0) is 38.0 Å². The van der Waals surface area contributed by atoms with E-state index in [1.54, 1.807) is 20.1 Å². The number of hydrogen-bond acceptors (Lipinski definition) is 4. The molecule has 0 fully saturated rings. The van der Waals surface area contributed by atoms with Crippen molar-refractivity contribution in [1.82, 2.24) is 5.32 Å². The Balaban J connectivity index is 3.04. The van der Waals surface area contributed by atoms with Gasteiger partial charge in [0.05, 0.1) is 4.90 Å². The summed E-state index contributed by atoms with van der Waals surface area (Å²) in [6.07, 6.45) is 0.663. The lowest BCUT2D eigenvalue weighted by atomic mass is 10.1. The monoisotopic (exact) mass is 397 g/mol. The van der Waals surface area contributed by atoms with Crippen LogP contribution in [0.25, 0.3) is 0 Å². The zero-order valence-corrected chi connectivity index (χ0v) is 15.1. The maximum Gasteiger partial charge on any atom is 0.261 e. The van der Waals surface area contributed by atoms with Crippen LogP contribution in [0.1, 0.15) is 29.3 Å². The number of ether oxygens (including phenoxy) is 1. The SMILES string of the molecule is COCCC(C)NC(=O)c1cc(Br)c(C)c(S(=O)(=O)Cl)c1. The molecule has 1 N–H and O–H groups in total. The largest absolute Gasteiger partial charge is 0.385 e. The van der Waals surface area contributed by atoms with Gasteiger partial charge in [0.2, 0.25) is 0 Å². The summed E-state index contributed by atoms with van der Waals surface area (Å²) in [7, 11) is 3.06. The van der Waals surface area contributed by atoms with Crippen molar-refractivity contribution < 1.29 is 17.9 Å². The molecular weight excluding hydrogens is 382 g/mol. The second-order valence-electron chi connectivity index (χ2n) is 4.68. The Morgan fingerprint density at radius 3 is 2.62 bits per heavy atom. The first-order chi connectivity index (χ1) is 9.66. The van der Waals surface area contributed by atoms with Crippen molar-refractivity contribution in [3.05, 3.63) is 27.7 Å². The zero-order valence-electron chi connectivity index (χ0n) is 11.9. The number of rotatable bonds is 6. The molecule has 0 aliphatic heterocycles. The summed E-state index contributed by atoms with van der Waals surface area (Å²) in [5.41, 5.74) is 0.699. The average Bonchev–Trinajstić information content (AvgIpc) is 2.37. The Hall–Kier alpha value is -0.630. The lowest BCUT2D eigenvalue weighted by Crippen LogP contribution is -2.33. The van der Waals surface area contributed by atoms with Crippen LogP contribution in [0, 0.1) is 6.92 Å². The van der Waals surface area contributed by atoms with Crippen molar-refractivity contribution in [2.45, 2.75) is 31.2 Å². The van der Waals surface area contributed by atoms with Gasteiger partial charge in [0.1, 0.15) is 0 Å². The fourth-order valence-corrected chi connectivity index (χ4v) is 3.53. The molecule has 1 rings (SSSR count). The quantitative estimate of drug-likeness (QED) is 0.748. The molecular formula is C13H17BrClNO4S. The third-order valence-electron chi connectivity index (χ3n) is 2.95. The number of halogens is 2. The van der Waals surface area contributed by atoms with Gasteiger partial charge in [0.15, 0.2) is 0 Å². The average molecular weight is 399 g/mol. The highest BCUT2D eigenvalue weighted by Crippen LogP contribution is 2.28. The Bertz CT molecular complexity index is 633. The van der Waals surface area contributed by atoms with E-state index in [4.69, 9.17) is 15.4 Å². The number of amides is 1. The number of benzene rings is 1. The van der Waals surface area contributed by atoms with Gasteiger partial charge in [-0.3, -0.25) is 4.79 Å². The Morgan fingerprint density at radius 2 is 2.10 bits per heavy atom. The third kappa shape index (κ3) is 5.25. The van der Waals surface area contributed by atoms with Crippen LogP contribution in [0.5, 0.6) is 0 Å². The molecule has 0 saturated carbocycles. The van der Waals surface area contributed by atoms with E-state index in [1.807, 2.05) is 6.92 Å². The highest BCUT2D eigenvalue weighted by molar-refractivity contribution is 9.10. The van der Waals surface area contributed by atoms with Gasteiger partial charge >= 0.3 is 0 Å². The molecule has 21 heavy (non-hydrogen) atoms. The van der Waals surface area contributed by atoms with Crippen molar-refractivity contribution in [1.29, 1.82) is 0 Å². The summed E-state index contributed by atoms with van der Waals surface area (Å²) in [6.45, 7) is 3.99. The van der Waals surface area contributed by atoms with E-state index in [9.17, 15) is 13.2 Å². The molecule has 0 bridgehead atoms. The zero-order chi connectivity index (χ0) is 16.2. The van der Waals surface area contributed by atoms with E-state index in [1.165, 1.54) is 6.07 Å². The Kier molecular flexibility index (Phi) is 6.65. The van der Waals surface area contributed by atoms with Crippen LogP contribution in [0.2, 0.25) is 0 Å². The van der Waals surface area contributed by atoms with E-state index in [0.29, 0.717) is 23.1 Å². The second-order valence-corrected chi connectivity index (χ2v) is 8.06. The summed E-state index contributed by atoms with van der Waals surface area (Å²) in [5, 5.41) is 2.78. The Morgan fingerprint density at radius 1 is 1.48 bits per heavy atom. The van der Waals surface area contributed by atoms with Crippen LogP contribution in [0.15, 0.2) is 21.5 Å². The van der Waals surface area contributed by atoms with Crippen molar-refractivity contribution in [2.24, 2.45) is 0 Å². The molecule has 8 heteroatoms. The van der Waals surface area contributed by atoms with Crippen molar-refractivity contribution in [3.8, 4) is 0 Å². The molecule has 1 aromatic carbocycles. The van der Waals surface area contributed by atoms with Crippen molar-refractivity contribution in [3.63, 3.8) is 0 Å². The maximum absolute atomic E-state index is 12.2. The van der Waals surface area contributed by atoms with E-state index in [-0.39, 0.29) is 22.4 Å². The van der Waals surface area contributed by atoms with Gasteiger partial charge < -0.3 is 10.1 Å². The standard InChI is InChI=1S/C13H17BrClNO4S/c1-8(4-5-20-3)16-13(17)10-6-11(14)9(2)12(7-10)21(15,18)19/h6-8H,4-5H2,1-3H3,(H,16,17). The van der Waals surface area contributed by atoms with E-state index in [2.05, 4.69) is 21.2 Å². The van der Waals surface area contributed by atoms with Crippen LogP contribution in [-0.4, -0.2) is 34.1 Å².